The van der Waals surface area contributed by atoms with Crippen molar-refractivity contribution in [1.82, 2.24) is 10.3 Å². The number of aryl methyl sites for hydroxylation is 1. The Balaban J connectivity index is 0.000000234. The molecule has 0 spiro atoms. The molecule has 0 bridgehead atoms. The molecule has 1 heterocycles. The van der Waals surface area contributed by atoms with E-state index in [-0.39, 0.29) is 17.9 Å². The number of nitrogens with zero attached hydrogens (tertiary/aromatic N) is 1. The molecule has 0 saturated heterocycles. The third kappa shape index (κ3) is 8.80. The first-order chi connectivity index (χ1) is 16.0. The molecule has 0 aliphatic rings. The number of amides is 1. The van der Waals surface area contributed by atoms with Crippen molar-refractivity contribution in [3.05, 3.63) is 78.1 Å². The highest BCUT2D eigenvalue weighted by molar-refractivity contribution is 5.86. The molecule has 3 aromatic rings. The maximum atomic E-state index is 11.5. The Morgan fingerprint density at radius 3 is 2.30 bits per heavy atom. The number of pyridine rings is 1. The monoisotopic (exact) mass is 446 g/mol. The number of carbonyl (C=O) groups excluding carboxylic acids is 2. The second-order valence-electron chi connectivity index (χ2n) is 8.56. The average Bonchev–Trinajstić information content (AvgIpc) is 2.84. The van der Waals surface area contributed by atoms with Gasteiger partial charge in [0.2, 0.25) is 5.91 Å². The molecule has 2 atom stereocenters. The molecule has 0 radical (unpaired) electrons. The normalized spacial score (nSPS) is 12.4. The summed E-state index contributed by atoms with van der Waals surface area (Å²) >= 11 is 0. The largest absolute Gasteiger partial charge is 0.350 e. The van der Waals surface area contributed by atoms with E-state index in [0.29, 0.717) is 12.2 Å². The van der Waals surface area contributed by atoms with Crippen LogP contribution in [0.3, 0.4) is 0 Å². The lowest BCUT2D eigenvalue weighted by Crippen LogP contribution is -2.25. The molecule has 0 aliphatic carbocycles. The van der Waals surface area contributed by atoms with Gasteiger partial charge in [0.05, 0.1) is 6.04 Å². The van der Waals surface area contributed by atoms with Gasteiger partial charge in [-0.05, 0) is 67.1 Å². The summed E-state index contributed by atoms with van der Waals surface area (Å²) in [6, 6.07) is 18.5. The predicted octanol–water partition coefficient (Wildman–Crippen LogP) is 6.84. The van der Waals surface area contributed by atoms with Crippen LogP contribution in [0.15, 0.2) is 67.0 Å². The molecule has 176 valence electrons. The molecule has 1 amide bonds. The van der Waals surface area contributed by atoms with Crippen LogP contribution in [0.25, 0.3) is 10.8 Å². The van der Waals surface area contributed by atoms with Crippen LogP contribution in [0.1, 0.15) is 77.0 Å². The zero-order chi connectivity index (χ0) is 24.1. The summed E-state index contributed by atoms with van der Waals surface area (Å²) in [5, 5.41) is 5.42. The SMILES string of the molecule is CCC(=O)N[C@H](C)c1cccc2ccccc12.CCCC[C@@H](CCc1ccncc1)C(C)=O. The van der Waals surface area contributed by atoms with Crippen LogP contribution in [-0.2, 0) is 16.0 Å². The first-order valence-corrected chi connectivity index (χ1v) is 12.1. The third-order valence-corrected chi connectivity index (χ3v) is 6.00. The maximum Gasteiger partial charge on any atom is 0.220 e. The Labute approximate surface area is 198 Å². The van der Waals surface area contributed by atoms with Gasteiger partial charge in [-0.1, -0.05) is 69.2 Å². The van der Waals surface area contributed by atoms with Crippen molar-refractivity contribution in [3.8, 4) is 0 Å². The lowest BCUT2D eigenvalue weighted by molar-refractivity contribution is -0.122. The second-order valence-corrected chi connectivity index (χ2v) is 8.56. The topological polar surface area (TPSA) is 59.1 Å². The number of hydrogen-bond acceptors (Lipinski definition) is 3. The van der Waals surface area contributed by atoms with Crippen molar-refractivity contribution >= 4 is 22.5 Å². The Morgan fingerprint density at radius 1 is 0.939 bits per heavy atom. The fourth-order valence-electron chi connectivity index (χ4n) is 3.94. The Kier molecular flexibility index (Phi) is 11.3. The summed E-state index contributed by atoms with van der Waals surface area (Å²) in [6.45, 7) is 7.77. The number of rotatable bonds is 10. The Hall–Kier alpha value is -3.01. The van der Waals surface area contributed by atoms with Crippen LogP contribution in [0.2, 0.25) is 0 Å². The van der Waals surface area contributed by atoms with Crippen molar-refractivity contribution in [2.45, 2.75) is 72.3 Å². The molecular formula is C29H38N2O2. The summed E-state index contributed by atoms with van der Waals surface area (Å²) in [5.41, 5.74) is 2.45. The number of unbranched alkanes of at least 4 members (excludes halogenated alkanes) is 1. The number of ketones is 1. The summed E-state index contributed by atoms with van der Waals surface area (Å²) in [7, 11) is 0. The van der Waals surface area contributed by atoms with Gasteiger partial charge in [-0.25, -0.2) is 0 Å². The zero-order valence-electron chi connectivity index (χ0n) is 20.5. The number of benzene rings is 2. The van der Waals surface area contributed by atoms with E-state index in [1.54, 1.807) is 6.92 Å². The highest BCUT2D eigenvalue weighted by Crippen LogP contribution is 2.24. The predicted molar refractivity (Wildman–Crippen MR) is 137 cm³/mol. The zero-order valence-corrected chi connectivity index (χ0v) is 20.5. The molecule has 1 N–H and O–H groups in total. The van der Waals surface area contributed by atoms with Crippen molar-refractivity contribution in [3.63, 3.8) is 0 Å². The fourth-order valence-corrected chi connectivity index (χ4v) is 3.94. The highest BCUT2D eigenvalue weighted by atomic mass is 16.1. The molecule has 4 nitrogen and oxygen atoms in total. The van der Waals surface area contributed by atoms with Gasteiger partial charge in [0.25, 0.3) is 0 Å². The van der Waals surface area contributed by atoms with E-state index in [1.165, 1.54) is 28.3 Å². The van der Waals surface area contributed by atoms with Crippen molar-refractivity contribution in [1.29, 1.82) is 0 Å². The van der Waals surface area contributed by atoms with Crippen LogP contribution in [0.5, 0.6) is 0 Å². The minimum Gasteiger partial charge on any atom is -0.350 e. The van der Waals surface area contributed by atoms with Crippen molar-refractivity contribution in [2.24, 2.45) is 5.92 Å². The number of Topliss-reactive ketones (excluding diaryl/α,β-unsaturated/α-hetero) is 1. The van der Waals surface area contributed by atoms with E-state index < -0.39 is 0 Å². The molecule has 0 fully saturated rings. The van der Waals surface area contributed by atoms with Gasteiger partial charge < -0.3 is 5.32 Å². The summed E-state index contributed by atoms with van der Waals surface area (Å²) in [6.07, 6.45) is 9.45. The number of aromatic nitrogens is 1. The Bertz CT molecular complexity index is 995. The molecule has 4 heteroatoms. The van der Waals surface area contributed by atoms with Gasteiger partial charge in [-0.3, -0.25) is 14.6 Å². The van der Waals surface area contributed by atoms with Gasteiger partial charge >= 0.3 is 0 Å². The number of hydrogen-bond donors (Lipinski definition) is 1. The van der Waals surface area contributed by atoms with Crippen LogP contribution < -0.4 is 5.32 Å². The molecule has 3 rings (SSSR count). The van der Waals surface area contributed by atoms with E-state index in [9.17, 15) is 9.59 Å². The van der Waals surface area contributed by atoms with Gasteiger partial charge in [0.1, 0.15) is 5.78 Å². The first kappa shape index (κ1) is 26.2. The van der Waals surface area contributed by atoms with Crippen LogP contribution in [0, 0.1) is 5.92 Å². The minimum absolute atomic E-state index is 0.0496. The minimum atomic E-state index is 0.0496. The average molecular weight is 447 g/mol. The van der Waals surface area contributed by atoms with Crippen molar-refractivity contribution < 1.29 is 9.59 Å². The van der Waals surface area contributed by atoms with Gasteiger partial charge in [-0.2, -0.15) is 0 Å². The third-order valence-electron chi connectivity index (χ3n) is 6.00. The number of carbonyl (C=O) groups is 2. The lowest BCUT2D eigenvalue weighted by Gasteiger charge is -2.16. The quantitative estimate of drug-likeness (QED) is 0.371. The molecule has 0 saturated carbocycles. The summed E-state index contributed by atoms with van der Waals surface area (Å²) in [5.74, 6) is 0.668. The lowest BCUT2D eigenvalue weighted by atomic mass is 9.92. The van der Waals surface area contributed by atoms with Gasteiger partial charge in [0.15, 0.2) is 0 Å². The molecule has 0 aliphatic heterocycles. The maximum absolute atomic E-state index is 11.5. The second kappa shape index (κ2) is 14.2. The van der Waals surface area contributed by atoms with E-state index in [4.69, 9.17) is 0 Å². The van der Waals surface area contributed by atoms with Crippen LogP contribution in [0.4, 0.5) is 0 Å². The summed E-state index contributed by atoms with van der Waals surface area (Å²) in [4.78, 5) is 26.9. The van der Waals surface area contributed by atoms with Crippen molar-refractivity contribution in [2.75, 3.05) is 0 Å². The van der Waals surface area contributed by atoms with Crippen LogP contribution in [-0.4, -0.2) is 16.7 Å². The molecule has 1 aromatic heterocycles. The number of nitrogens with one attached hydrogen (secondary N) is 1. The molecule has 2 aromatic carbocycles. The fraction of sp³-hybridized carbons (Fsp3) is 0.414. The Morgan fingerprint density at radius 2 is 1.64 bits per heavy atom. The van der Waals surface area contributed by atoms with E-state index >= 15 is 0 Å². The molecule has 0 unspecified atom stereocenters. The number of fused-ring (bicyclic) bond motifs is 1. The highest BCUT2D eigenvalue weighted by Gasteiger charge is 2.13. The van der Waals surface area contributed by atoms with E-state index in [1.807, 2.05) is 56.6 Å². The van der Waals surface area contributed by atoms with Crippen LogP contribution >= 0.6 is 0 Å². The van der Waals surface area contributed by atoms with Gasteiger partial charge in [-0.15, -0.1) is 0 Å². The molecular weight excluding hydrogens is 408 g/mol. The molecule has 33 heavy (non-hydrogen) atoms. The smallest absolute Gasteiger partial charge is 0.220 e. The van der Waals surface area contributed by atoms with E-state index in [2.05, 4.69) is 41.5 Å². The summed E-state index contributed by atoms with van der Waals surface area (Å²) < 4.78 is 0. The van der Waals surface area contributed by atoms with Gasteiger partial charge in [0, 0.05) is 24.7 Å². The standard InChI is InChI=1S/C15H17NO.C14H21NO/c1-3-15(17)16-11(2)13-10-6-8-12-7-4-5-9-14(12)13;1-3-4-5-14(12(2)16)7-6-13-8-10-15-11-9-13/h4-11H,3H2,1-2H3,(H,16,17);8-11,14H,3-7H2,1-2H3/t11-;14-/m10/s1. The first-order valence-electron chi connectivity index (χ1n) is 12.1. The van der Waals surface area contributed by atoms with E-state index in [0.717, 1.165) is 25.7 Å².